The molecule has 0 saturated carbocycles. The molecule has 3 nitrogen and oxygen atoms in total. The average Bonchev–Trinajstić information content (AvgIpc) is 2.01. The van der Waals surface area contributed by atoms with E-state index in [1.54, 1.807) is 18.2 Å². The molecule has 0 amide bonds. The van der Waals surface area contributed by atoms with E-state index in [0.29, 0.717) is 15.7 Å². The van der Waals surface area contributed by atoms with E-state index in [1.807, 2.05) is 0 Å². The summed E-state index contributed by atoms with van der Waals surface area (Å²) in [5.74, 6) is -1.02. The molecule has 0 fully saturated rings. The number of hydrogen-bond donors (Lipinski definition) is 2. The second-order valence-corrected chi connectivity index (χ2v) is 3.35. The van der Waals surface area contributed by atoms with Crippen molar-refractivity contribution in [3.63, 3.8) is 0 Å². The molecule has 0 heterocycles. The first kappa shape index (κ1) is 10.9. The summed E-state index contributed by atoms with van der Waals surface area (Å²) in [6.45, 7) is 0. The lowest BCUT2D eigenvalue weighted by Gasteiger charge is -2.01. The van der Waals surface area contributed by atoms with Crippen molar-refractivity contribution >= 4 is 34.9 Å². The van der Waals surface area contributed by atoms with Crippen molar-refractivity contribution in [3.8, 4) is 0 Å². The van der Waals surface area contributed by atoms with Gasteiger partial charge in [0.1, 0.15) is 0 Å². The standard InChI is InChI=1S/C9H7Cl2NO2/c10-6-3-7(11)5-8(4-6)12-2-1-9(13)14/h1-5,12H,(H,13,14). The van der Waals surface area contributed by atoms with Gasteiger partial charge >= 0.3 is 5.97 Å². The number of nitrogens with one attached hydrogen (secondary N) is 1. The number of carbonyl (C=O) groups is 1. The molecule has 14 heavy (non-hydrogen) atoms. The van der Waals surface area contributed by atoms with Crippen LogP contribution in [0.4, 0.5) is 5.69 Å². The molecule has 0 radical (unpaired) electrons. The molecule has 0 aromatic heterocycles. The van der Waals surface area contributed by atoms with E-state index in [1.165, 1.54) is 6.20 Å². The van der Waals surface area contributed by atoms with Gasteiger partial charge in [0.25, 0.3) is 0 Å². The number of anilines is 1. The molecule has 0 saturated heterocycles. The lowest BCUT2D eigenvalue weighted by atomic mass is 10.3. The quantitative estimate of drug-likeness (QED) is 0.787. The maximum atomic E-state index is 10.1. The SMILES string of the molecule is O=C(O)C=CNc1cc(Cl)cc(Cl)c1. The van der Waals surface area contributed by atoms with Crippen molar-refractivity contribution in [2.75, 3.05) is 5.32 Å². The highest BCUT2D eigenvalue weighted by Gasteiger charge is 1.95. The first-order valence-corrected chi connectivity index (χ1v) is 4.45. The van der Waals surface area contributed by atoms with Crippen molar-refractivity contribution in [1.29, 1.82) is 0 Å². The number of rotatable bonds is 3. The van der Waals surface area contributed by atoms with E-state index in [4.69, 9.17) is 28.3 Å². The normalized spacial score (nSPS) is 10.4. The molecule has 0 atom stereocenters. The van der Waals surface area contributed by atoms with Gasteiger partial charge in [-0.05, 0) is 18.2 Å². The molecule has 0 bridgehead atoms. The van der Waals surface area contributed by atoms with Crippen molar-refractivity contribution in [2.45, 2.75) is 0 Å². The number of carboxylic acid groups (broad SMARTS) is 1. The second kappa shape index (κ2) is 4.88. The van der Waals surface area contributed by atoms with Gasteiger partial charge in [-0.2, -0.15) is 0 Å². The molecule has 1 rings (SSSR count). The fourth-order valence-corrected chi connectivity index (χ4v) is 1.37. The first-order valence-electron chi connectivity index (χ1n) is 3.70. The third kappa shape index (κ3) is 3.68. The first-order chi connectivity index (χ1) is 6.58. The lowest BCUT2D eigenvalue weighted by Crippen LogP contribution is -1.92. The van der Waals surface area contributed by atoms with Crippen LogP contribution in [-0.4, -0.2) is 11.1 Å². The number of benzene rings is 1. The van der Waals surface area contributed by atoms with E-state index in [-0.39, 0.29) is 0 Å². The number of halogens is 2. The highest BCUT2D eigenvalue weighted by atomic mass is 35.5. The van der Waals surface area contributed by atoms with Gasteiger partial charge in [0.15, 0.2) is 0 Å². The molecule has 0 aliphatic rings. The largest absolute Gasteiger partial charge is 0.478 e. The van der Waals surface area contributed by atoms with Gasteiger partial charge in [-0.1, -0.05) is 23.2 Å². The summed E-state index contributed by atoms with van der Waals surface area (Å²) in [7, 11) is 0. The highest BCUT2D eigenvalue weighted by molar-refractivity contribution is 6.35. The third-order valence-electron chi connectivity index (χ3n) is 1.34. The van der Waals surface area contributed by atoms with Crippen molar-refractivity contribution in [3.05, 3.63) is 40.5 Å². The van der Waals surface area contributed by atoms with Crippen molar-refractivity contribution < 1.29 is 9.90 Å². The van der Waals surface area contributed by atoms with Gasteiger partial charge in [0.2, 0.25) is 0 Å². The monoisotopic (exact) mass is 231 g/mol. The predicted octanol–water partition coefficient (Wildman–Crippen LogP) is 3.00. The molecule has 0 spiro atoms. The van der Waals surface area contributed by atoms with Gasteiger partial charge in [0.05, 0.1) is 0 Å². The lowest BCUT2D eigenvalue weighted by molar-refractivity contribution is -0.131. The Balaban J connectivity index is 2.72. The Bertz CT molecular complexity index is 357. The molecule has 0 aliphatic carbocycles. The minimum Gasteiger partial charge on any atom is -0.478 e. The summed E-state index contributed by atoms with van der Waals surface area (Å²) >= 11 is 11.5. The van der Waals surface area contributed by atoms with Gasteiger partial charge < -0.3 is 10.4 Å². The number of carboxylic acids is 1. The third-order valence-corrected chi connectivity index (χ3v) is 1.77. The zero-order chi connectivity index (χ0) is 10.6. The zero-order valence-corrected chi connectivity index (χ0v) is 8.51. The predicted molar refractivity (Wildman–Crippen MR) is 56.9 cm³/mol. The van der Waals surface area contributed by atoms with Crippen molar-refractivity contribution in [2.24, 2.45) is 0 Å². The van der Waals surface area contributed by atoms with Crippen LogP contribution in [0.5, 0.6) is 0 Å². The summed E-state index contributed by atoms with van der Waals surface area (Å²) in [5.41, 5.74) is 0.639. The van der Waals surface area contributed by atoms with Crippen LogP contribution in [0, 0.1) is 0 Å². The fourth-order valence-electron chi connectivity index (χ4n) is 0.846. The van der Waals surface area contributed by atoms with Crippen LogP contribution in [0.25, 0.3) is 0 Å². The Kier molecular flexibility index (Phi) is 3.80. The average molecular weight is 232 g/mol. The van der Waals surface area contributed by atoms with E-state index in [0.717, 1.165) is 6.08 Å². The molecule has 1 aromatic rings. The zero-order valence-electron chi connectivity index (χ0n) is 7.00. The van der Waals surface area contributed by atoms with Crippen LogP contribution >= 0.6 is 23.2 Å². The summed E-state index contributed by atoms with van der Waals surface area (Å²) in [6.07, 6.45) is 2.28. The summed E-state index contributed by atoms with van der Waals surface area (Å²) in [5, 5.41) is 12.0. The Morgan fingerprint density at radius 1 is 1.29 bits per heavy atom. The molecule has 2 N–H and O–H groups in total. The maximum absolute atomic E-state index is 10.1. The topological polar surface area (TPSA) is 49.3 Å². The smallest absolute Gasteiger partial charge is 0.329 e. The Morgan fingerprint density at radius 3 is 2.36 bits per heavy atom. The van der Waals surface area contributed by atoms with Gasteiger partial charge in [-0.3, -0.25) is 0 Å². The van der Waals surface area contributed by atoms with Crippen LogP contribution in [0.1, 0.15) is 0 Å². The van der Waals surface area contributed by atoms with Crippen LogP contribution < -0.4 is 5.32 Å². The molecule has 0 unspecified atom stereocenters. The minimum absolute atomic E-state index is 0.490. The van der Waals surface area contributed by atoms with E-state index in [2.05, 4.69) is 5.32 Å². The van der Waals surface area contributed by atoms with E-state index >= 15 is 0 Å². The van der Waals surface area contributed by atoms with E-state index < -0.39 is 5.97 Å². The number of aliphatic carboxylic acids is 1. The minimum atomic E-state index is -1.02. The summed E-state index contributed by atoms with van der Waals surface area (Å²) in [6, 6.07) is 4.87. The molecule has 1 aromatic carbocycles. The highest BCUT2D eigenvalue weighted by Crippen LogP contribution is 2.22. The second-order valence-electron chi connectivity index (χ2n) is 2.47. The summed E-state index contributed by atoms with van der Waals surface area (Å²) in [4.78, 5) is 10.1. The fraction of sp³-hybridized carbons (Fsp3) is 0. The van der Waals surface area contributed by atoms with Crippen molar-refractivity contribution in [1.82, 2.24) is 0 Å². The van der Waals surface area contributed by atoms with Crippen LogP contribution in [0.3, 0.4) is 0 Å². The van der Waals surface area contributed by atoms with E-state index in [9.17, 15) is 4.79 Å². The Labute approximate surface area is 90.9 Å². The van der Waals surface area contributed by atoms with Gasteiger partial charge in [-0.15, -0.1) is 0 Å². The Hall–Kier alpha value is -1.19. The molecular weight excluding hydrogens is 225 g/mol. The molecule has 0 aliphatic heterocycles. The number of hydrogen-bond acceptors (Lipinski definition) is 2. The molecule has 5 heteroatoms. The summed E-state index contributed by atoms with van der Waals surface area (Å²) < 4.78 is 0. The van der Waals surface area contributed by atoms with Crippen LogP contribution in [0.2, 0.25) is 10.0 Å². The van der Waals surface area contributed by atoms with Crippen LogP contribution in [0.15, 0.2) is 30.5 Å². The maximum Gasteiger partial charge on any atom is 0.329 e. The van der Waals surface area contributed by atoms with Crippen LogP contribution in [-0.2, 0) is 4.79 Å². The molecular formula is C9H7Cl2NO2. The van der Waals surface area contributed by atoms with Gasteiger partial charge in [-0.25, -0.2) is 4.79 Å². The molecule has 74 valence electrons. The van der Waals surface area contributed by atoms with Gasteiger partial charge in [0, 0.05) is 28.0 Å². The Morgan fingerprint density at radius 2 is 1.86 bits per heavy atom.